The van der Waals surface area contributed by atoms with Gasteiger partial charge in [0.15, 0.2) is 0 Å². The van der Waals surface area contributed by atoms with Crippen molar-refractivity contribution in [3.8, 4) is 0 Å². The van der Waals surface area contributed by atoms with Gasteiger partial charge in [0.1, 0.15) is 5.82 Å². The van der Waals surface area contributed by atoms with Crippen LogP contribution in [-0.4, -0.2) is 85.8 Å². The Morgan fingerprint density at radius 1 is 1.00 bits per heavy atom. The molecule has 5 rings (SSSR count). The molecule has 3 saturated heterocycles. The van der Waals surface area contributed by atoms with E-state index in [2.05, 4.69) is 30.2 Å². The molecule has 0 saturated carbocycles. The number of aromatic nitrogens is 2. The minimum Gasteiger partial charge on any atom is -0.369 e. The number of rotatable bonds is 8. The lowest BCUT2D eigenvalue weighted by atomic mass is 9.97. The van der Waals surface area contributed by atoms with Crippen molar-refractivity contribution in [2.75, 3.05) is 73.6 Å². The van der Waals surface area contributed by atoms with Crippen LogP contribution in [0.5, 0.6) is 0 Å². The summed E-state index contributed by atoms with van der Waals surface area (Å²) in [7, 11) is 0. The highest BCUT2D eigenvalue weighted by Crippen LogP contribution is 2.32. The first-order valence-electron chi connectivity index (χ1n) is 13.0. The zero-order valence-corrected chi connectivity index (χ0v) is 21.4. The topological polar surface area (TPSA) is 84.9 Å². The number of amides is 2. The summed E-state index contributed by atoms with van der Waals surface area (Å²) in [4.78, 5) is 33.4. The summed E-state index contributed by atoms with van der Waals surface area (Å²) in [5.41, 5.74) is 1.07. The van der Waals surface area contributed by atoms with Crippen LogP contribution >= 0.6 is 11.3 Å². The maximum absolute atomic E-state index is 13.2. The molecule has 3 aliphatic rings. The van der Waals surface area contributed by atoms with Crippen molar-refractivity contribution in [2.24, 2.45) is 5.92 Å². The summed E-state index contributed by atoms with van der Waals surface area (Å²) in [6.07, 6.45) is 4.18. The fourth-order valence-electron chi connectivity index (χ4n) is 5.20. The molecular formula is C25H34FN7O2S. The molecule has 0 unspecified atom stereocenters. The lowest BCUT2D eigenvalue weighted by molar-refractivity contribution is -0.125. The Bertz CT molecular complexity index is 1040. The molecule has 2 amide bonds. The van der Waals surface area contributed by atoms with E-state index in [4.69, 9.17) is 0 Å². The van der Waals surface area contributed by atoms with Crippen LogP contribution in [0.15, 0.2) is 24.3 Å². The van der Waals surface area contributed by atoms with Gasteiger partial charge < -0.3 is 15.1 Å². The number of hydrogen-bond acceptors (Lipinski definition) is 8. The van der Waals surface area contributed by atoms with Gasteiger partial charge in [-0.3, -0.25) is 19.4 Å². The van der Waals surface area contributed by atoms with Crippen LogP contribution in [0.3, 0.4) is 0 Å². The van der Waals surface area contributed by atoms with Crippen LogP contribution in [0.2, 0.25) is 0 Å². The lowest BCUT2D eigenvalue weighted by Crippen LogP contribution is -2.47. The highest BCUT2D eigenvalue weighted by molar-refractivity contribution is 7.19. The van der Waals surface area contributed by atoms with Gasteiger partial charge in [-0.25, -0.2) is 4.39 Å². The van der Waals surface area contributed by atoms with Crippen LogP contribution < -0.4 is 20.0 Å². The minimum absolute atomic E-state index is 0.0567. The first-order valence-corrected chi connectivity index (χ1v) is 13.8. The molecule has 194 valence electrons. The number of carbonyl (C=O) groups is 2. The van der Waals surface area contributed by atoms with Gasteiger partial charge in [0, 0.05) is 64.5 Å². The highest BCUT2D eigenvalue weighted by Gasteiger charge is 2.30. The van der Waals surface area contributed by atoms with Gasteiger partial charge in [-0.1, -0.05) is 11.3 Å². The lowest BCUT2D eigenvalue weighted by Gasteiger charge is -2.36. The zero-order valence-electron chi connectivity index (χ0n) is 20.6. The van der Waals surface area contributed by atoms with E-state index in [1.165, 1.54) is 23.5 Å². The standard InChI is InChI=1S/C25H34FN7O2S/c26-20-6-8-21(9-7-20)31-16-14-30(15-17-31)11-3-10-27-23(35)19-4-1-12-32(18-19)24-28-29-25(36-24)33-13-2-5-22(33)34/h6-9,19H,1-5,10-18H2,(H,27,35)/t19-/m0/s1. The maximum atomic E-state index is 13.2. The molecule has 4 heterocycles. The molecular weight excluding hydrogens is 481 g/mol. The summed E-state index contributed by atoms with van der Waals surface area (Å²) < 4.78 is 13.2. The van der Waals surface area contributed by atoms with Crippen molar-refractivity contribution in [1.29, 1.82) is 0 Å². The summed E-state index contributed by atoms with van der Waals surface area (Å²) in [5, 5.41) is 13.1. The molecule has 36 heavy (non-hydrogen) atoms. The Morgan fingerprint density at radius 3 is 2.53 bits per heavy atom. The van der Waals surface area contributed by atoms with Crippen LogP contribution in [0.4, 0.5) is 20.3 Å². The van der Waals surface area contributed by atoms with E-state index in [-0.39, 0.29) is 23.5 Å². The molecule has 9 nitrogen and oxygen atoms in total. The molecule has 3 fully saturated rings. The van der Waals surface area contributed by atoms with E-state index in [0.717, 1.165) is 75.8 Å². The first-order chi connectivity index (χ1) is 17.6. The molecule has 1 aromatic heterocycles. The number of anilines is 3. The van der Waals surface area contributed by atoms with Gasteiger partial charge in [0.05, 0.1) is 5.92 Å². The van der Waals surface area contributed by atoms with E-state index in [0.29, 0.717) is 31.2 Å². The van der Waals surface area contributed by atoms with Gasteiger partial charge in [0.2, 0.25) is 22.1 Å². The number of benzene rings is 1. The second kappa shape index (κ2) is 11.5. The van der Waals surface area contributed by atoms with Gasteiger partial charge in [-0.15, -0.1) is 10.2 Å². The molecule has 0 aliphatic carbocycles. The molecule has 11 heteroatoms. The molecule has 0 bridgehead atoms. The molecule has 2 aromatic rings. The highest BCUT2D eigenvalue weighted by atomic mass is 32.1. The summed E-state index contributed by atoms with van der Waals surface area (Å²) in [5.74, 6) is -0.0349. The molecule has 0 radical (unpaired) electrons. The van der Waals surface area contributed by atoms with Crippen LogP contribution in [-0.2, 0) is 9.59 Å². The number of piperazine rings is 1. The minimum atomic E-state index is -0.204. The Labute approximate surface area is 215 Å². The fraction of sp³-hybridized carbons (Fsp3) is 0.600. The number of nitrogens with one attached hydrogen (secondary N) is 1. The maximum Gasteiger partial charge on any atom is 0.228 e. The van der Waals surface area contributed by atoms with Crippen molar-refractivity contribution >= 4 is 39.1 Å². The molecule has 3 aliphatic heterocycles. The summed E-state index contributed by atoms with van der Waals surface area (Å²) in [6.45, 7) is 7.62. The van der Waals surface area contributed by atoms with Crippen molar-refractivity contribution in [3.63, 3.8) is 0 Å². The normalized spacial score (nSPS) is 21.3. The smallest absolute Gasteiger partial charge is 0.228 e. The second-order valence-corrected chi connectivity index (χ2v) is 10.7. The van der Waals surface area contributed by atoms with Crippen LogP contribution in [0, 0.1) is 11.7 Å². The quantitative estimate of drug-likeness (QED) is 0.541. The number of halogens is 1. The van der Waals surface area contributed by atoms with Gasteiger partial charge in [-0.2, -0.15) is 0 Å². The van der Waals surface area contributed by atoms with Gasteiger partial charge in [-0.05, 0) is 56.5 Å². The van der Waals surface area contributed by atoms with Crippen molar-refractivity contribution in [3.05, 3.63) is 30.1 Å². The predicted octanol–water partition coefficient (Wildman–Crippen LogP) is 2.35. The number of carbonyl (C=O) groups excluding carboxylic acids is 2. The molecule has 1 N–H and O–H groups in total. The van der Waals surface area contributed by atoms with Crippen molar-refractivity contribution in [2.45, 2.75) is 32.1 Å². The fourth-order valence-corrected chi connectivity index (χ4v) is 6.13. The van der Waals surface area contributed by atoms with Gasteiger partial charge >= 0.3 is 0 Å². The largest absolute Gasteiger partial charge is 0.369 e. The number of hydrogen-bond donors (Lipinski definition) is 1. The van der Waals surface area contributed by atoms with Crippen LogP contribution in [0.25, 0.3) is 0 Å². The monoisotopic (exact) mass is 515 g/mol. The zero-order chi connectivity index (χ0) is 24.9. The van der Waals surface area contributed by atoms with E-state index in [1.807, 2.05) is 12.1 Å². The Hall–Kier alpha value is -2.79. The van der Waals surface area contributed by atoms with Crippen molar-refractivity contribution < 1.29 is 14.0 Å². The van der Waals surface area contributed by atoms with Crippen molar-refractivity contribution in [1.82, 2.24) is 20.4 Å². The molecule has 1 aromatic carbocycles. The Kier molecular flexibility index (Phi) is 7.96. The molecule has 1 atom stereocenters. The average molecular weight is 516 g/mol. The van der Waals surface area contributed by atoms with E-state index in [1.54, 1.807) is 4.90 Å². The second-order valence-electron chi connectivity index (χ2n) is 9.75. The van der Waals surface area contributed by atoms with Gasteiger partial charge in [0.25, 0.3) is 0 Å². The first kappa shape index (κ1) is 24.9. The Balaban J connectivity index is 1.01. The van der Waals surface area contributed by atoms with Crippen LogP contribution in [0.1, 0.15) is 32.1 Å². The summed E-state index contributed by atoms with van der Waals surface area (Å²) >= 11 is 1.44. The predicted molar refractivity (Wildman–Crippen MR) is 139 cm³/mol. The van der Waals surface area contributed by atoms with E-state index < -0.39 is 0 Å². The third-order valence-corrected chi connectivity index (χ3v) is 8.29. The average Bonchev–Trinajstić information content (AvgIpc) is 3.56. The third-order valence-electron chi connectivity index (χ3n) is 7.29. The number of nitrogens with zero attached hydrogens (tertiary/aromatic N) is 6. The number of piperidine rings is 1. The molecule has 0 spiro atoms. The van der Waals surface area contributed by atoms with E-state index in [9.17, 15) is 14.0 Å². The summed E-state index contributed by atoms with van der Waals surface area (Å²) in [6, 6.07) is 6.70. The Morgan fingerprint density at radius 2 is 1.78 bits per heavy atom. The van der Waals surface area contributed by atoms with E-state index >= 15 is 0 Å². The SMILES string of the molecule is O=C(NCCCN1CCN(c2ccc(F)cc2)CC1)[C@H]1CCCN(c2nnc(N3CCCC3=O)s2)C1. The third kappa shape index (κ3) is 5.95.